The number of carbonyl (C=O) groups is 1. The molecule has 0 spiro atoms. The summed E-state index contributed by atoms with van der Waals surface area (Å²) in [6.07, 6.45) is 2.38. The molecule has 4 nitrogen and oxygen atoms in total. The molecule has 0 atom stereocenters. The molecule has 0 aliphatic rings. The van der Waals surface area contributed by atoms with Crippen LogP contribution in [0, 0.1) is 0 Å². The average Bonchev–Trinajstić information content (AvgIpc) is 2.56. The molecule has 2 aromatic heterocycles. The third kappa shape index (κ3) is 1.52. The van der Waals surface area contributed by atoms with E-state index in [-0.39, 0.29) is 0 Å². The second-order valence-electron chi connectivity index (χ2n) is 3.92. The molecule has 0 fully saturated rings. The van der Waals surface area contributed by atoms with Crippen LogP contribution >= 0.6 is 0 Å². The van der Waals surface area contributed by atoms with Gasteiger partial charge in [-0.25, -0.2) is 4.98 Å². The number of carbonyl (C=O) groups excluding carboxylic acids is 1. The minimum absolute atomic E-state index is 0.331. The first kappa shape index (κ1) is 9.83. The Labute approximate surface area is 87.9 Å². The van der Waals surface area contributed by atoms with E-state index in [0.29, 0.717) is 11.5 Å². The normalized spacial score (nSPS) is 11.2. The van der Waals surface area contributed by atoms with Crippen LogP contribution in [0.5, 0.6) is 0 Å². The van der Waals surface area contributed by atoms with Gasteiger partial charge in [0, 0.05) is 24.2 Å². The highest BCUT2D eigenvalue weighted by molar-refractivity contribution is 5.86. The van der Waals surface area contributed by atoms with E-state index >= 15 is 0 Å². The van der Waals surface area contributed by atoms with E-state index in [9.17, 15) is 4.79 Å². The molecule has 0 radical (unpaired) electrons. The summed E-state index contributed by atoms with van der Waals surface area (Å²) in [6.45, 7) is 4.16. The predicted molar refractivity (Wildman–Crippen MR) is 58.0 cm³/mol. The maximum absolute atomic E-state index is 10.7. The van der Waals surface area contributed by atoms with Gasteiger partial charge in [-0.2, -0.15) is 5.10 Å². The van der Waals surface area contributed by atoms with E-state index in [1.54, 1.807) is 10.9 Å². The van der Waals surface area contributed by atoms with Crippen molar-refractivity contribution in [2.45, 2.75) is 19.8 Å². The van der Waals surface area contributed by atoms with Crippen molar-refractivity contribution in [2.75, 3.05) is 0 Å². The summed E-state index contributed by atoms with van der Waals surface area (Å²) in [6, 6.07) is 1.84. The van der Waals surface area contributed by atoms with E-state index in [4.69, 9.17) is 0 Å². The van der Waals surface area contributed by atoms with Crippen molar-refractivity contribution in [3.05, 3.63) is 23.5 Å². The summed E-state index contributed by atoms with van der Waals surface area (Å²) >= 11 is 0. The van der Waals surface area contributed by atoms with E-state index in [1.807, 2.05) is 13.1 Å². The van der Waals surface area contributed by atoms with Crippen molar-refractivity contribution in [3.8, 4) is 0 Å². The Balaban J connectivity index is 2.77. The molecule has 15 heavy (non-hydrogen) atoms. The van der Waals surface area contributed by atoms with Crippen LogP contribution in [0.3, 0.4) is 0 Å². The lowest BCUT2D eigenvalue weighted by Crippen LogP contribution is -1.93. The third-order valence-electron chi connectivity index (χ3n) is 2.41. The van der Waals surface area contributed by atoms with E-state index in [0.717, 1.165) is 23.0 Å². The van der Waals surface area contributed by atoms with Crippen molar-refractivity contribution in [1.82, 2.24) is 14.8 Å². The molecule has 0 aromatic carbocycles. The molecule has 2 aromatic rings. The average molecular weight is 203 g/mol. The summed E-state index contributed by atoms with van der Waals surface area (Å²) < 4.78 is 1.75. The standard InChI is InChI=1S/C11H13N3O/c1-7(2)10-9-4-8(6-15)5-12-11(9)14(3)13-10/h4-7H,1-3H3. The molecule has 0 unspecified atom stereocenters. The molecule has 78 valence electrons. The molecule has 0 aliphatic carbocycles. The first-order chi connectivity index (χ1) is 7.13. The number of aromatic nitrogens is 3. The molecule has 2 rings (SSSR count). The monoisotopic (exact) mass is 203 g/mol. The van der Waals surface area contributed by atoms with E-state index in [2.05, 4.69) is 23.9 Å². The number of hydrogen-bond acceptors (Lipinski definition) is 3. The van der Waals surface area contributed by atoms with Crippen LogP contribution in [0.1, 0.15) is 35.8 Å². The van der Waals surface area contributed by atoms with Gasteiger partial charge in [-0.1, -0.05) is 13.8 Å². The first-order valence-electron chi connectivity index (χ1n) is 4.91. The Bertz CT molecular complexity index is 514. The summed E-state index contributed by atoms with van der Waals surface area (Å²) in [5.74, 6) is 0.331. The maximum atomic E-state index is 10.7. The van der Waals surface area contributed by atoms with Gasteiger partial charge >= 0.3 is 0 Å². The van der Waals surface area contributed by atoms with Crippen LogP contribution in [0.4, 0.5) is 0 Å². The number of fused-ring (bicyclic) bond motifs is 1. The number of pyridine rings is 1. The Morgan fingerprint density at radius 2 is 2.20 bits per heavy atom. The summed E-state index contributed by atoms with van der Waals surface area (Å²) in [5.41, 5.74) is 2.41. The van der Waals surface area contributed by atoms with Crippen LogP contribution in [0.15, 0.2) is 12.3 Å². The second kappa shape index (κ2) is 3.46. The van der Waals surface area contributed by atoms with Gasteiger partial charge in [-0.3, -0.25) is 9.48 Å². The predicted octanol–water partition coefficient (Wildman–Crippen LogP) is 1.90. The maximum Gasteiger partial charge on any atom is 0.157 e. The Kier molecular flexibility index (Phi) is 2.26. The summed E-state index contributed by atoms with van der Waals surface area (Å²) in [7, 11) is 1.86. The lowest BCUT2D eigenvalue weighted by molar-refractivity contribution is 0.112. The molecule has 0 bridgehead atoms. The molecule has 0 aliphatic heterocycles. The van der Waals surface area contributed by atoms with Crippen LogP contribution in [-0.2, 0) is 7.05 Å². The Morgan fingerprint density at radius 1 is 1.47 bits per heavy atom. The highest BCUT2D eigenvalue weighted by atomic mass is 16.1. The Hall–Kier alpha value is -1.71. The van der Waals surface area contributed by atoms with Crippen molar-refractivity contribution in [2.24, 2.45) is 7.05 Å². The quantitative estimate of drug-likeness (QED) is 0.700. The fourth-order valence-electron chi connectivity index (χ4n) is 1.67. The number of nitrogens with zero attached hydrogens (tertiary/aromatic N) is 3. The number of rotatable bonds is 2. The van der Waals surface area contributed by atoms with Crippen LogP contribution < -0.4 is 0 Å². The van der Waals surface area contributed by atoms with Gasteiger partial charge < -0.3 is 0 Å². The molecule has 4 heteroatoms. The van der Waals surface area contributed by atoms with Gasteiger partial charge in [0.15, 0.2) is 11.9 Å². The SMILES string of the molecule is CC(C)c1nn(C)c2ncc(C=O)cc12. The summed E-state index contributed by atoms with van der Waals surface area (Å²) in [5, 5.41) is 5.37. The molecule has 2 heterocycles. The first-order valence-corrected chi connectivity index (χ1v) is 4.91. The second-order valence-corrected chi connectivity index (χ2v) is 3.92. The zero-order valence-corrected chi connectivity index (χ0v) is 9.06. The van der Waals surface area contributed by atoms with Crippen LogP contribution in [0.2, 0.25) is 0 Å². The third-order valence-corrected chi connectivity index (χ3v) is 2.41. The number of hydrogen-bond donors (Lipinski definition) is 0. The topological polar surface area (TPSA) is 47.8 Å². The van der Waals surface area contributed by atoms with Gasteiger partial charge in [0.25, 0.3) is 0 Å². The van der Waals surface area contributed by atoms with Crippen molar-refractivity contribution in [3.63, 3.8) is 0 Å². The lowest BCUT2D eigenvalue weighted by Gasteiger charge is -1.99. The zero-order chi connectivity index (χ0) is 11.0. The highest BCUT2D eigenvalue weighted by Gasteiger charge is 2.12. The fourth-order valence-corrected chi connectivity index (χ4v) is 1.67. The number of aryl methyl sites for hydroxylation is 1. The minimum atomic E-state index is 0.331. The van der Waals surface area contributed by atoms with Gasteiger partial charge in [-0.05, 0) is 12.0 Å². The highest BCUT2D eigenvalue weighted by Crippen LogP contribution is 2.23. The smallest absolute Gasteiger partial charge is 0.157 e. The van der Waals surface area contributed by atoms with Crippen LogP contribution in [-0.4, -0.2) is 21.1 Å². The lowest BCUT2D eigenvalue weighted by atomic mass is 10.1. The van der Waals surface area contributed by atoms with Crippen molar-refractivity contribution in [1.29, 1.82) is 0 Å². The van der Waals surface area contributed by atoms with Crippen molar-refractivity contribution >= 4 is 17.3 Å². The molecule has 0 N–H and O–H groups in total. The van der Waals surface area contributed by atoms with Gasteiger partial charge in [0.2, 0.25) is 0 Å². The largest absolute Gasteiger partial charge is 0.298 e. The minimum Gasteiger partial charge on any atom is -0.298 e. The molecule has 0 saturated heterocycles. The van der Waals surface area contributed by atoms with Gasteiger partial charge in [0.05, 0.1) is 5.69 Å². The van der Waals surface area contributed by atoms with Crippen LogP contribution in [0.25, 0.3) is 11.0 Å². The van der Waals surface area contributed by atoms with E-state index < -0.39 is 0 Å². The van der Waals surface area contributed by atoms with Gasteiger partial charge in [0.1, 0.15) is 0 Å². The fraction of sp³-hybridized carbons (Fsp3) is 0.364. The summed E-state index contributed by atoms with van der Waals surface area (Å²) in [4.78, 5) is 14.9. The molecule has 0 saturated carbocycles. The zero-order valence-electron chi connectivity index (χ0n) is 9.06. The van der Waals surface area contributed by atoms with Crippen molar-refractivity contribution < 1.29 is 4.79 Å². The Morgan fingerprint density at radius 3 is 2.80 bits per heavy atom. The molecular formula is C11H13N3O. The molecular weight excluding hydrogens is 190 g/mol. The van der Waals surface area contributed by atoms with Gasteiger partial charge in [-0.15, -0.1) is 0 Å². The number of aldehydes is 1. The van der Waals surface area contributed by atoms with E-state index in [1.165, 1.54) is 0 Å². The molecule has 0 amide bonds.